The van der Waals surface area contributed by atoms with Gasteiger partial charge >= 0.3 is 6.18 Å². The van der Waals surface area contributed by atoms with Gasteiger partial charge in [-0.2, -0.15) is 13.2 Å². The van der Waals surface area contributed by atoms with Gasteiger partial charge in [0, 0.05) is 6.04 Å². The molecule has 1 nitrogen and oxygen atoms in total. The molecular formula is C19H26F3N. The normalized spacial score (nSPS) is 25.0. The molecule has 0 amide bonds. The molecule has 0 unspecified atom stereocenters. The second-order valence-corrected chi connectivity index (χ2v) is 7.39. The average molecular weight is 325 g/mol. The highest BCUT2D eigenvalue weighted by Crippen LogP contribution is 2.37. The summed E-state index contributed by atoms with van der Waals surface area (Å²) in [6.07, 6.45) is 3.68. The first-order valence-electron chi connectivity index (χ1n) is 8.86. The van der Waals surface area contributed by atoms with E-state index in [0.717, 1.165) is 42.8 Å². The Morgan fingerprint density at radius 3 is 2.43 bits per heavy atom. The Hall–Kier alpha value is -1.03. The smallest absolute Gasteiger partial charge is 0.314 e. The molecule has 0 atom stereocenters. The summed E-state index contributed by atoms with van der Waals surface area (Å²) in [6, 6.07) is 7.77. The molecule has 0 aliphatic heterocycles. The molecule has 4 heteroatoms. The van der Waals surface area contributed by atoms with E-state index in [1.807, 2.05) is 6.07 Å². The van der Waals surface area contributed by atoms with Crippen molar-refractivity contribution < 1.29 is 13.2 Å². The Bertz CT molecular complexity index is 502. The third kappa shape index (κ3) is 5.23. The molecule has 0 saturated heterocycles. The quantitative estimate of drug-likeness (QED) is 0.752. The van der Waals surface area contributed by atoms with E-state index in [1.54, 1.807) is 18.2 Å². The predicted molar refractivity (Wildman–Crippen MR) is 86.4 cm³/mol. The SMILES string of the molecule is FC(F)(F)Cc1cccc(CCC2CC(CNC3CCC3)C2)c1. The van der Waals surface area contributed by atoms with Crippen molar-refractivity contribution in [2.45, 2.75) is 63.6 Å². The predicted octanol–water partition coefficient (Wildman–Crippen LogP) is 4.89. The van der Waals surface area contributed by atoms with Crippen LogP contribution in [-0.2, 0) is 12.8 Å². The van der Waals surface area contributed by atoms with Gasteiger partial charge in [-0.25, -0.2) is 0 Å². The number of alkyl halides is 3. The molecule has 128 valence electrons. The molecular weight excluding hydrogens is 299 g/mol. The first kappa shape index (κ1) is 16.8. The number of nitrogens with one attached hydrogen (secondary N) is 1. The van der Waals surface area contributed by atoms with Gasteiger partial charge in [-0.05, 0) is 68.0 Å². The fourth-order valence-electron chi connectivity index (χ4n) is 3.72. The van der Waals surface area contributed by atoms with Crippen LogP contribution < -0.4 is 5.32 Å². The maximum Gasteiger partial charge on any atom is 0.393 e. The van der Waals surface area contributed by atoms with Gasteiger partial charge in [0.15, 0.2) is 0 Å². The van der Waals surface area contributed by atoms with Gasteiger partial charge < -0.3 is 5.32 Å². The minimum Gasteiger partial charge on any atom is -0.314 e. The van der Waals surface area contributed by atoms with Crippen LogP contribution in [0.15, 0.2) is 24.3 Å². The summed E-state index contributed by atoms with van der Waals surface area (Å²) < 4.78 is 37.3. The van der Waals surface area contributed by atoms with E-state index < -0.39 is 12.6 Å². The Morgan fingerprint density at radius 1 is 1.04 bits per heavy atom. The molecule has 2 aliphatic carbocycles. The van der Waals surface area contributed by atoms with E-state index in [0.29, 0.717) is 5.56 Å². The van der Waals surface area contributed by atoms with Crippen LogP contribution in [0.2, 0.25) is 0 Å². The zero-order valence-corrected chi connectivity index (χ0v) is 13.5. The van der Waals surface area contributed by atoms with E-state index in [4.69, 9.17) is 0 Å². The Morgan fingerprint density at radius 2 is 1.78 bits per heavy atom. The maximum absolute atomic E-state index is 12.4. The topological polar surface area (TPSA) is 12.0 Å². The van der Waals surface area contributed by atoms with Gasteiger partial charge in [0.05, 0.1) is 6.42 Å². The van der Waals surface area contributed by atoms with Crippen molar-refractivity contribution in [2.24, 2.45) is 11.8 Å². The minimum absolute atomic E-state index is 0.381. The summed E-state index contributed by atoms with van der Waals surface area (Å²) in [4.78, 5) is 0. The zero-order chi connectivity index (χ0) is 16.3. The van der Waals surface area contributed by atoms with Crippen LogP contribution in [0.3, 0.4) is 0 Å². The molecule has 23 heavy (non-hydrogen) atoms. The maximum atomic E-state index is 12.4. The van der Waals surface area contributed by atoms with Crippen LogP contribution in [0.5, 0.6) is 0 Å². The van der Waals surface area contributed by atoms with Gasteiger partial charge in [0.25, 0.3) is 0 Å². The summed E-state index contributed by atoms with van der Waals surface area (Å²) in [5, 5.41) is 3.64. The molecule has 3 rings (SSSR count). The lowest BCUT2D eigenvalue weighted by Crippen LogP contribution is -2.41. The Balaban J connectivity index is 1.35. The fraction of sp³-hybridized carbons (Fsp3) is 0.684. The minimum atomic E-state index is -4.12. The largest absolute Gasteiger partial charge is 0.393 e. The van der Waals surface area contributed by atoms with Crippen molar-refractivity contribution >= 4 is 0 Å². The Kier molecular flexibility index (Phi) is 5.30. The standard InChI is InChI=1S/C19H26F3N/c20-19(21,22)12-16-4-1-3-14(9-16)7-8-15-10-17(11-15)13-23-18-5-2-6-18/h1,3-4,9,15,17-18,23H,2,5-8,10-13H2. The van der Waals surface area contributed by atoms with Crippen molar-refractivity contribution in [1.82, 2.24) is 5.32 Å². The molecule has 0 bridgehead atoms. The highest BCUT2D eigenvalue weighted by Gasteiger charge is 2.30. The lowest BCUT2D eigenvalue weighted by molar-refractivity contribution is -0.127. The lowest BCUT2D eigenvalue weighted by atomic mass is 9.72. The molecule has 1 N–H and O–H groups in total. The third-order valence-electron chi connectivity index (χ3n) is 5.37. The molecule has 2 fully saturated rings. The van der Waals surface area contributed by atoms with E-state index in [2.05, 4.69) is 5.32 Å². The van der Waals surface area contributed by atoms with Crippen molar-refractivity contribution in [2.75, 3.05) is 6.54 Å². The van der Waals surface area contributed by atoms with E-state index in [9.17, 15) is 13.2 Å². The first-order valence-corrected chi connectivity index (χ1v) is 8.86. The summed E-state index contributed by atoms with van der Waals surface area (Å²) in [7, 11) is 0. The Labute approximate surface area is 136 Å². The molecule has 2 aliphatic rings. The summed E-state index contributed by atoms with van der Waals surface area (Å²) in [5.41, 5.74) is 1.42. The number of benzene rings is 1. The second-order valence-electron chi connectivity index (χ2n) is 7.39. The van der Waals surface area contributed by atoms with Crippen LogP contribution in [0, 0.1) is 11.8 Å². The monoisotopic (exact) mass is 325 g/mol. The van der Waals surface area contributed by atoms with E-state index in [-0.39, 0.29) is 0 Å². The van der Waals surface area contributed by atoms with E-state index in [1.165, 1.54) is 32.1 Å². The highest BCUT2D eigenvalue weighted by atomic mass is 19.4. The summed E-state index contributed by atoms with van der Waals surface area (Å²) in [5.74, 6) is 1.58. The van der Waals surface area contributed by atoms with E-state index >= 15 is 0 Å². The molecule has 2 saturated carbocycles. The van der Waals surface area contributed by atoms with Gasteiger partial charge in [0.1, 0.15) is 0 Å². The van der Waals surface area contributed by atoms with Gasteiger partial charge in [-0.1, -0.05) is 30.7 Å². The molecule has 1 aromatic rings. The van der Waals surface area contributed by atoms with Gasteiger partial charge in [0.2, 0.25) is 0 Å². The van der Waals surface area contributed by atoms with Gasteiger partial charge in [-0.3, -0.25) is 0 Å². The average Bonchev–Trinajstić information content (AvgIpc) is 2.36. The van der Waals surface area contributed by atoms with Crippen molar-refractivity contribution in [3.63, 3.8) is 0 Å². The number of rotatable bonds is 7. The number of halogens is 3. The molecule has 0 heterocycles. The molecule has 0 spiro atoms. The number of hydrogen-bond acceptors (Lipinski definition) is 1. The molecule has 0 radical (unpaired) electrons. The highest BCUT2D eigenvalue weighted by molar-refractivity contribution is 5.24. The van der Waals surface area contributed by atoms with Crippen molar-refractivity contribution in [3.8, 4) is 0 Å². The first-order chi connectivity index (χ1) is 11.0. The number of hydrogen-bond donors (Lipinski definition) is 1. The third-order valence-corrected chi connectivity index (χ3v) is 5.37. The van der Waals surface area contributed by atoms with Crippen LogP contribution in [0.4, 0.5) is 13.2 Å². The molecule has 1 aromatic carbocycles. The summed E-state index contributed by atoms with van der Waals surface area (Å²) >= 11 is 0. The molecule has 0 aromatic heterocycles. The van der Waals surface area contributed by atoms with Crippen molar-refractivity contribution in [3.05, 3.63) is 35.4 Å². The van der Waals surface area contributed by atoms with Crippen LogP contribution in [-0.4, -0.2) is 18.8 Å². The van der Waals surface area contributed by atoms with Gasteiger partial charge in [-0.15, -0.1) is 0 Å². The van der Waals surface area contributed by atoms with Crippen LogP contribution in [0.25, 0.3) is 0 Å². The van der Waals surface area contributed by atoms with Crippen LogP contribution in [0.1, 0.15) is 49.7 Å². The summed E-state index contributed by atoms with van der Waals surface area (Å²) in [6.45, 7) is 1.15. The second kappa shape index (κ2) is 7.25. The van der Waals surface area contributed by atoms with Crippen molar-refractivity contribution in [1.29, 1.82) is 0 Å². The lowest BCUT2D eigenvalue weighted by Gasteiger charge is -2.38. The number of aryl methyl sites for hydroxylation is 1. The fourth-order valence-corrected chi connectivity index (χ4v) is 3.72. The zero-order valence-electron chi connectivity index (χ0n) is 13.5. The van der Waals surface area contributed by atoms with Crippen LogP contribution >= 0.6 is 0 Å².